The van der Waals surface area contributed by atoms with E-state index in [4.69, 9.17) is 23.2 Å². The Balaban J connectivity index is 2.55. The minimum Gasteiger partial charge on any atom is -0.350 e. The maximum atomic E-state index is 12.1. The zero-order chi connectivity index (χ0) is 14.4. The van der Waals surface area contributed by atoms with Gasteiger partial charge in [0.25, 0.3) is 0 Å². The fourth-order valence-electron chi connectivity index (χ4n) is 1.80. The lowest BCUT2D eigenvalue weighted by Gasteiger charge is -2.25. The molecule has 0 heterocycles. The first kappa shape index (κ1) is 15.6. The number of hydrogen-bond donors (Lipinski definition) is 1. The van der Waals surface area contributed by atoms with Crippen molar-refractivity contribution in [3.63, 3.8) is 0 Å². The number of carbonyl (C=O) groups excluding carboxylic acids is 2. The van der Waals surface area contributed by atoms with Crippen molar-refractivity contribution in [1.29, 1.82) is 0 Å². The van der Waals surface area contributed by atoms with E-state index in [1.54, 1.807) is 14.0 Å². The van der Waals surface area contributed by atoms with E-state index in [2.05, 4.69) is 5.32 Å². The monoisotopic (exact) mass is 294 g/mol. The fraction of sp³-hybridized carbons (Fsp3) is 0.833. The Morgan fingerprint density at radius 1 is 1.33 bits per heavy atom. The van der Waals surface area contributed by atoms with Crippen LogP contribution in [-0.4, -0.2) is 40.2 Å². The predicted molar refractivity (Wildman–Crippen MR) is 72.7 cm³/mol. The van der Waals surface area contributed by atoms with Crippen molar-refractivity contribution in [1.82, 2.24) is 10.2 Å². The first-order valence-corrected chi connectivity index (χ1v) is 6.59. The lowest BCUT2D eigenvalue weighted by atomic mass is 10.1. The number of hydrogen-bond acceptors (Lipinski definition) is 2. The molecule has 1 rings (SSSR count). The summed E-state index contributed by atoms with van der Waals surface area (Å²) in [5, 5.41) is 2.80. The second-order valence-corrected chi connectivity index (χ2v) is 7.66. The summed E-state index contributed by atoms with van der Waals surface area (Å²) in [4.78, 5) is 25.2. The molecule has 0 bridgehead atoms. The molecular formula is C12H20Cl2N2O2. The number of alkyl halides is 2. The molecule has 0 unspecified atom stereocenters. The minimum absolute atomic E-state index is 0.00948. The van der Waals surface area contributed by atoms with Gasteiger partial charge in [-0.15, -0.1) is 23.2 Å². The molecule has 2 amide bonds. The van der Waals surface area contributed by atoms with Crippen LogP contribution in [0.4, 0.5) is 0 Å². The van der Waals surface area contributed by atoms with Gasteiger partial charge in [0.1, 0.15) is 4.33 Å². The molecule has 18 heavy (non-hydrogen) atoms. The zero-order valence-corrected chi connectivity index (χ0v) is 12.9. The summed E-state index contributed by atoms with van der Waals surface area (Å²) < 4.78 is -1.00. The Morgan fingerprint density at radius 3 is 2.11 bits per heavy atom. The average molecular weight is 295 g/mol. The van der Waals surface area contributed by atoms with Gasteiger partial charge in [0.15, 0.2) is 0 Å². The van der Waals surface area contributed by atoms with Gasteiger partial charge < -0.3 is 10.2 Å². The third-order valence-electron chi connectivity index (χ3n) is 2.97. The SMILES string of the molecule is CN(CC(=O)NC(C)(C)C)C(=O)[C@@]1(C)CC1(Cl)Cl. The topological polar surface area (TPSA) is 49.4 Å². The van der Waals surface area contributed by atoms with Gasteiger partial charge in [0.2, 0.25) is 11.8 Å². The van der Waals surface area contributed by atoms with Crippen LogP contribution in [0.25, 0.3) is 0 Å². The van der Waals surface area contributed by atoms with Crippen LogP contribution < -0.4 is 5.32 Å². The highest BCUT2D eigenvalue weighted by Crippen LogP contribution is 2.64. The maximum Gasteiger partial charge on any atom is 0.240 e. The standard InChI is InChI=1S/C12H20Cl2N2O2/c1-10(2,3)15-8(17)6-16(5)9(18)11(4)7-12(11,13)14/h6-7H2,1-5H3,(H,15,17)/t11-/m1/s1. The lowest BCUT2D eigenvalue weighted by Crippen LogP contribution is -2.47. The van der Waals surface area contributed by atoms with Crippen LogP contribution in [0.1, 0.15) is 34.1 Å². The number of amides is 2. The van der Waals surface area contributed by atoms with E-state index in [0.29, 0.717) is 6.42 Å². The van der Waals surface area contributed by atoms with Crippen LogP contribution >= 0.6 is 23.2 Å². The minimum atomic E-state index is -1.00. The Bertz CT molecular complexity index is 377. The molecule has 1 aliphatic carbocycles. The molecule has 0 aromatic carbocycles. The molecule has 0 aliphatic heterocycles. The van der Waals surface area contributed by atoms with Gasteiger partial charge in [0.05, 0.1) is 12.0 Å². The predicted octanol–water partition coefficient (Wildman–Crippen LogP) is 1.94. The van der Waals surface area contributed by atoms with Crippen molar-refractivity contribution in [2.75, 3.05) is 13.6 Å². The van der Waals surface area contributed by atoms with Gasteiger partial charge in [-0.25, -0.2) is 0 Å². The van der Waals surface area contributed by atoms with Crippen molar-refractivity contribution >= 4 is 35.0 Å². The Hall–Kier alpha value is -0.480. The van der Waals surface area contributed by atoms with Crippen molar-refractivity contribution < 1.29 is 9.59 Å². The summed E-state index contributed by atoms with van der Waals surface area (Å²) in [6, 6.07) is 0. The summed E-state index contributed by atoms with van der Waals surface area (Å²) >= 11 is 11.9. The van der Waals surface area contributed by atoms with E-state index in [-0.39, 0.29) is 23.9 Å². The van der Waals surface area contributed by atoms with Crippen LogP contribution in [0.3, 0.4) is 0 Å². The van der Waals surface area contributed by atoms with Crippen LogP contribution in [0.15, 0.2) is 0 Å². The molecule has 6 heteroatoms. The molecule has 0 saturated heterocycles. The highest BCUT2D eigenvalue weighted by atomic mass is 35.5. The summed E-state index contributed by atoms with van der Waals surface area (Å²) in [6.45, 7) is 7.38. The molecular weight excluding hydrogens is 275 g/mol. The summed E-state index contributed by atoms with van der Waals surface area (Å²) in [7, 11) is 1.58. The van der Waals surface area contributed by atoms with Crippen LogP contribution in [0.5, 0.6) is 0 Å². The molecule has 1 aliphatic rings. The largest absolute Gasteiger partial charge is 0.350 e. The van der Waals surface area contributed by atoms with Gasteiger partial charge in [-0.1, -0.05) is 0 Å². The molecule has 104 valence electrons. The highest BCUT2D eigenvalue weighted by molar-refractivity contribution is 6.53. The van der Waals surface area contributed by atoms with Gasteiger partial charge in [0, 0.05) is 12.6 Å². The van der Waals surface area contributed by atoms with E-state index in [0.717, 1.165) is 0 Å². The number of halogens is 2. The molecule has 0 radical (unpaired) electrons. The molecule has 4 nitrogen and oxygen atoms in total. The van der Waals surface area contributed by atoms with Crippen molar-refractivity contribution in [2.45, 2.75) is 44.0 Å². The lowest BCUT2D eigenvalue weighted by molar-refractivity contribution is -0.139. The molecule has 0 aromatic heterocycles. The summed E-state index contributed by atoms with van der Waals surface area (Å²) in [5.41, 5.74) is -1.08. The number of likely N-dealkylation sites (N-methyl/N-ethyl adjacent to an activating group) is 1. The van der Waals surface area contributed by atoms with E-state index < -0.39 is 9.75 Å². The van der Waals surface area contributed by atoms with Crippen LogP contribution in [0, 0.1) is 5.41 Å². The second kappa shape index (κ2) is 4.57. The number of rotatable bonds is 3. The van der Waals surface area contributed by atoms with Gasteiger partial charge >= 0.3 is 0 Å². The third kappa shape index (κ3) is 3.29. The van der Waals surface area contributed by atoms with E-state index >= 15 is 0 Å². The summed E-state index contributed by atoms with van der Waals surface area (Å²) in [5.74, 6) is -0.395. The Kier molecular flexibility index (Phi) is 3.95. The van der Waals surface area contributed by atoms with E-state index in [1.807, 2.05) is 20.8 Å². The van der Waals surface area contributed by atoms with Crippen LogP contribution in [-0.2, 0) is 9.59 Å². The maximum absolute atomic E-state index is 12.1. The van der Waals surface area contributed by atoms with Crippen molar-refractivity contribution in [2.24, 2.45) is 5.41 Å². The van der Waals surface area contributed by atoms with Crippen molar-refractivity contribution in [3.8, 4) is 0 Å². The quantitative estimate of drug-likeness (QED) is 0.809. The van der Waals surface area contributed by atoms with Crippen molar-refractivity contribution in [3.05, 3.63) is 0 Å². The first-order valence-electron chi connectivity index (χ1n) is 5.83. The van der Waals surface area contributed by atoms with E-state index in [9.17, 15) is 9.59 Å². The first-order chi connectivity index (χ1) is 7.89. The van der Waals surface area contributed by atoms with Gasteiger partial charge in [-0.3, -0.25) is 9.59 Å². The number of nitrogens with zero attached hydrogens (tertiary/aromatic N) is 1. The average Bonchev–Trinajstić information content (AvgIpc) is 2.62. The van der Waals surface area contributed by atoms with Gasteiger partial charge in [-0.2, -0.15) is 0 Å². The van der Waals surface area contributed by atoms with Gasteiger partial charge in [-0.05, 0) is 34.1 Å². The second-order valence-electron chi connectivity index (χ2n) is 6.17. The fourth-order valence-corrected chi connectivity index (χ4v) is 2.49. The molecule has 1 saturated carbocycles. The molecule has 0 spiro atoms. The number of nitrogens with one attached hydrogen (secondary N) is 1. The molecule has 0 aromatic rings. The Labute approximate surface area is 118 Å². The zero-order valence-electron chi connectivity index (χ0n) is 11.4. The van der Waals surface area contributed by atoms with E-state index in [1.165, 1.54) is 4.90 Å². The molecule has 1 N–H and O–H groups in total. The smallest absolute Gasteiger partial charge is 0.240 e. The molecule has 1 atom stereocenters. The van der Waals surface area contributed by atoms with Crippen LogP contribution in [0.2, 0.25) is 0 Å². The Morgan fingerprint density at radius 2 is 1.78 bits per heavy atom. The number of carbonyl (C=O) groups is 2. The summed E-state index contributed by atoms with van der Waals surface area (Å²) in [6.07, 6.45) is 0.424. The third-order valence-corrected chi connectivity index (χ3v) is 4.07. The highest BCUT2D eigenvalue weighted by Gasteiger charge is 2.68. The normalized spacial score (nSPS) is 25.5. The molecule has 1 fully saturated rings.